The van der Waals surface area contributed by atoms with Gasteiger partial charge in [0.15, 0.2) is 0 Å². The zero-order chi connectivity index (χ0) is 14.3. The second-order valence-corrected chi connectivity index (χ2v) is 5.76. The minimum Gasteiger partial charge on any atom is -0.395 e. The Morgan fingerprint density at radius 2 is 1.95 bits per heavy atom. The van der Waals surface area contributed by atoms with E-state index < -0.39 is 15.9 Å². The van der Waals surface area contributed by atoms with Crippen LogP contribution in [0.4, 0.5) is 0 Å². The lowest BCUT2D eigenvalue weighted by Crippen LogP contribution is -2.41. The average molecular weight is 286 g/mol. The van der Waals surface area contributed by atoms with Crippen molar-refractivity contribution in [1.82, 2.24) is 9.62 Å². The zero-order valence-corrected chi connectivity index (χ0v) is 11.6. The number of hydrogen-bond donors (Lipinski definition) is 2. The third-order valence-corrected chi connectivity index (χ3v) is 4.42. The van der Waals surface area contributed by atoms with E-state index in [2.05, 4.69) is 5.32 Å². The van der Waals surface area contributed by atoms with Crippen molar-refractivity contribution < 1.29 is 18.3 Å². The lowest BCUT2D eigenvalue weighted by atomic mass is 10.4. The Kier molecular flexibility index (Phi) is 5.94. The second kappa shape index (κ2) is 7.22. The van der Waals surface area contributed by atoms with E-state index in [9.17, 15) is 13.2 Å². The van der Waals surface area contributed by atoms with Crippen LogP contribution < -0.4 is 5.32 Å². The van der Waals surface area contributed by atoms with E-state index in [1.807, 2.05) is 0 Å². The molecule has 6 nitrogen and oxygen atoms in total. The van der Waals surface area contributed by atoms with E-state index in [4.69, 9.17) is 5.11 Å². The number of aliphatic hydroxyl groups excluding tert-OH is 1. The topological polar surface area (TPSA) is 86.7 Å². The van der Waals surface area contributed by atoms with Crippen LogP contribution >= 0.6 is 0 Å². The Bertz CT molecular complexity index is 502. The summed E-state index contributed by atoms with van der Waals surface area (Å²) in [5, 5.41) is 11.0. The number of rotatable bonds is 7. The van der Waals surface area contributed by atoms with E-state index in [1.165, 1.54) is 12.1 Å². The number of sulfonamides is 1. The molecule has 0 aliphatic carbocycles. The van der Waals surface area contributed by atoms with Crippen molar-refractivity contribution in [2.75, 3.05) is 26.2 Å². The molecule has 0 fully saturated rings. The molecule has 7 heteroatoms. The Morgan fingerprint density at radius 3 is 2.47 bits per heavy atom. The Labute approximate surface area is 113 Å². The van der Waals surface area contributed by atoms with Gasteiger partial charge in [0.1, 0.15) is 0 Å². The maximum absolute atomic E-state index is 12.3. The van der Waals surface area contributed by atoms with Crippen LogP contribution in [-0.2, 0) is 14.8 Å². The zero-order valence-electron chi connectivity index (χ0n) is 10.7. The van der Waals surface area contributed by atoms with E-state index in [0.717, 1.165) is 4.31 Å². The van der Waals surface area contributed by atoms with E-state index in [1.54, 1.807) is 25.1 Å². The molecule has 1 amide bonds. The van der Waals surface area contributed by atoms with Crippen molar-refractivity contribution in [2.24, 2.45) is 0 Å². The van der Waals surface area contributed by atoms with Crippen molar-refractivity contribution in [3.05, 3.63) is 30.3 Å². The maximum atomic E-state index is 12.3. The summed E-state index contributed by atoms with van der Waals surface area (Å²) >= 11 is 0. The molecule has 106 valence electrons. The number of benzene rings is 1. The number of carbonyl (C=O) groups excluding carboxylic acids is 1. The van der Waals surface area contributed by atoms with Crippen LogP contribution in [0.3, 0.4) is 0 Å². The van der Waals surface area contributed by atoms with Gasteiger partial charge in [-0.1, -0.05) is 25.1 Å². The molecule has 0 saturated carbocycles. The summed E-state index contributed by atoms with van der Waals surface area (Å²) in [7, 11) is -3.66. The molecule has 0 atom stereocenters. The summed E-state index contributed by atoms with van der Waals surface area (Å²) in [6, 6.07) is 7.97. The molecule has 0 saturated heterocycles. The Balaban J connectivity index is 2.82. The average Bonchev–Trinajstić information content (AvgIpc) is 2.43. The summed E-state index contributed by atoms with van der Waals surface area (Å²) in [6.45, 7) is 1.54. The predicted octanol–water partition coefficient (Wildman–Crippen LogP) is -0.194. The highest BCUT2D eigenvalue weighted by Crippen LogP contribution is 2.14. The first kappa shape index (κ1) is 15.6. The molecule has 0 aliphatic rings. The highest BCUT2D eigenvalue weighted by atomic mass is 32.2. The first-order valence-electron chi connectivity index (χ1n) is 5.95. The van der Waals surface area contributed by atoms with Crippen molar-refractivity contribution in [3.8, 4) is 0 Å². The number of hydrogen-bond acceptors (Lipinski definition) is 4. The summed E-state index contributed by atoms with van der Waals surface area (Å²) < 4.78 is 25.6. The van der Waals surface area contributed by atoms with Crippen LogP contribution in [-0.4, -0.2) is 50.0 Å². The van der Waals surface area contributed by atoms with Gasteiger partial charge in [-0.3, -0.25) is 4.79 Å². The number of carbonyl (C=O) groups is 1. The van der Waals surface area contributed by atoms with Gasteiger partial charge in [0.25, 0.3) is 0 Å². The largest absolute Gasteiger partial charge is 0.395 e. The summed E-state index contributed by atoms with van der Waals surface area (Å²) in [5.74, 6) is -0.435. The molecular formula is C12H18N2O4S. The van der Waals surface area contributed by atoms with Gasteiger partial charge in [0.2, 0.25) is 15.9 Å². The number of aliphatic hydroxyl groups is 1. The van der Waals surface area contributed by atoms with Gasteiger partial charge in [-0.2, -0.15) is 4.31 Å². The molecule has 0 heterocycles. The molecule has 0 aliphatic heterocycles. The third-order valence-electron chi connectivity index (χ3n) is 2.49. The molecular weight excluding hydrogens is 268 g/mol. The number of nitrogens with zero attached hydrogens (tertiary/aromatic N) is 1. The highest BCUT2D eigenvalue weighted by molar-refractivity contribution is 7.89. The molecule has 0 radical (unpaired) electrons. The standard InChI is InChI=1S/C12H18N2O4S/c1-2-14(10-12(16)13-8-9-15)19(17,18)11-6-4-3-5-7-11/h3-7,15H,2,8-10H2,1H3,(H,13,16). The summed E-state index contributed by atoms with van der Waals surface area (Å²) in [5.41, 5.74) is 0. The van der Waals surface area contributed by atoms with Gasteiger partial charge in [0, 0.05) is 13.1 Å². The quantitative estimate of drug-likeness (QED) is 0.727. The fourth-order valence-corrected chi connectivity index (χ4v) is 2.95. The van der Waals surface area contributed by atoms with Crippen molar-refractivity contribution in [3.63, 3.8) is 0 Å². The minimum absolute atomic E-state index is 0.113. The first-order chi connectivity index (χ1) is 9.02. The Hall–Kier alpha value is -1.44. The first-order valence-corrected chi connectivity index (χ1v) is 7.39. The normalized spacial score (nSPS) is 11.5. The molecule has 0 bridgehead atoms. The number of amides is 1. The molecule has 0 spiro atoms. The van der Waals surface area contributed by atoms with Crippen LogP contribution in [0, 0.1) is 0 Å². The van der Waals surface area contributed by atoms with Gasteiger partial charge >= 0.3 is 0 Å². The number of likely N-dealkylation sites (N-methyl/N-ethyl adjacent to an activating group) is 1. The van der Waals surface area contributed by atoms with Gasteiger partial charge in [-0.05, 0) is 12.1 Å². The summed E-state index contributed by atoms with van der Waals surface area (Å²) in [4.78, 5) is 11.7. The highest BCUT2D eigenvalue weighted by Gasteiger charge is 2.24. The third kappa shape index (κ3) is 4.30. The molecule has 2 N–H and O–H groups in total. The molecule has 1 aromatic carbocycles. The predicted molar refractivity (Wildman–Crippen MR) is 71.0 cm³/mol. The van der Waals surface area contributed by atoms with E-state index >= 15 is 0 Å². The minimum atomic E-state index is -3.66. The van der Waals surface area contributed by atoms with Crippen LogP contribution in [0.15, 0.2) is 35.2 Å². The molecule has 0 unspecified atom stereocenters. The fourth-order valence-electron chi connectivity index (χ4n) is 1.52. The van der Waals surface area contributed by atoms with Crippen molar-refractivity contribution in [1.29, 1.82) is 0 Å². The fraction of sp³-hybridized carbons (Fsp3) is 0.417. The van der Waals surface area contributed by atoms with E-state index in [-0.39, 0.29) is 31.1 Å². The molecule has 19 heavy (non-hydrogen) atoms. The molecule has 1 aromatic rings. The second-order valence-electron chi connectivity index (χ2n) is 3.82. The monoisotopic (exact) mass is 286 g/mol. The smallest absolute Gasteiger partial charge is 0.243 e. The van der Waals surface area contributed by atoms with Gasteiger partial charge in [-0.15, -0.1) is 0 Å². The van der Waals surface area contributed by atoms with Crippen molar-refractivity contribution >= 4 is 15.9 Å². The maximum Gasteiger partial charge on any atom is 0.243 e. The Morgan fingerprint density at radius 1 is 1.32 bits per heavy atom. The van der Waals surface area contributed by atoms with Gasteiger partial charge < -0.3 is 10.4 Å². The van der Waals surface area contributed by atoms with Gasteiger partial charge in [-0.25, -0.2) is 8.42 Å². The van der Waals surface area contributed by atoms with Crippen LogP contribution in [0.2, 0.25) is 0 Å². The van der Waals surface area contributed by atoms with Crippen LogP contribution in [0.25, 0.3) is 0 Å². The SMILES string of the molecule is CCN(CC(=O)NCCO)S(=O)(=O)c1ccccc1. The molecule has 1 rings (SSSR count). The van der Waals surface area contributed by atoms with Crippen LogP contribution in [0.5, 0.6) is 0 Å². The lowest BCUT2D eigenvalue weighted by molar-refractivity contribution is -0.121. The van der Waals surface area contributed by atoms with Gasteiger partial charge in [0.05, 0.1) is 18.0 Å². The van der Waals surface area contributed by atoms with Crippen LogP contribution in [0.1, 0.15) is 6.92 Å². The lowest BCUT2D eigenvalue weighted by Gasteiger charge is -2.19. The van der Waals surface area contributed by atoms with E-state index in [0.29, 0.717) is 0 Å². The molecule has 0 aromatic heterocycles. The summed E-state index contributed by atoms with van der Waals surface area (Å²) in [6.07, 6.45) is 0. The van der Waals surface area contributed by atoms with Crippen molar-refractivity contribution in [2.45, 2.75) is 11.8 Å². The number of nitrogens with one attached hydrogen (secondary N) is 1.